The molecule has 0 aromatic carbocycles. The molecule has 0 spiro atoms. The van der Waals surface area contributed by atoms with Gasteiger partial charge in [0.25, 0.3) is 0 Å². The second kappa shape index (κ2) is 5.29. The zero-order chi connectivity index (χ0) is 14.0. The first-order valence-corrected chi connectivity index (χ1v) is 6.92. The summed E-state index contributed by atoms with van der Waals surface area (Å²) in [4.78, 5) is 17.0. The van der Waals surface area contributed by atoms with Crippen molar-refractivity contribution in [3.8, 4) is 0 Å². The molecule has 2 heterocycles. The Hall–Kier alpha value is -1.42. The molecule has 0 radical (unpaired) electrons. The maximum atomic E-state index is 12.6. The van der Waals surface area contributed by atoms with Crippen LogP contribution >= 0.6 is 0 Å². The first-order chi connectivity index (χ1) is 8.95. The van der Waals surface area contributed by atoms with Crippen LogP contribution in [-0.2, 0) is 4.79 Å². The Balaban J connectivity index is 2.20. The van der Waals surface area contributed by atoms with Gasteiger partial charge in [0.2, 0.25) is 5.91 Å². The van der Waals surface area contributed by atoms with Gasteiger partial charge >= 0.3 is 0 Å². The Morgan fingerprint density at radius 1 is 1.42 bits per heavy atom. The van der Waals surface area contributed by atoms with Crippen LogP contribution in [0.4, 0.5) is 5.69 Å². The van der Waals surface area contributed by atoms with Gasteiger partial charge in [-0.05, 0) is 44.9 Å². The molecule has 1 aliphatic rings. The molecule has 1 aromatic rings. The molecule has 1 saturated heterocycles. The quantitative estimate of drug-likeness (QED) is 0.877. The van der Waals surface area contributed by atoms with Gasteiger partial charge in [-0.1, -0.05) is 13.8 Å². The Bertz CT molecular complexity index is 476. The lowest BCUT2D eigenvalue weighted by Gasteiger charge is -2.31. The standard InChI is InChI=1S/C15H23N3O/c1-10(2)15(7-8-16-9-15)14(19)18-13-6-5-11(3)17-12(13)4/h5-6,10,16H,7-9H2,1-4H3,(H,18,19). The summed E-state index contributed by atoms with van der Waals surface area (Å²) >= 11 is 0. The van der Waals surface area contributed by atoms with E-state index < -0.39 is 0 Å². The molecular weight excluding hydrogens is 238 g/mol. The Morgan fingerprint density at radius 3 is 2.68 bits per heavy atom. The van der Waals surface area contributed by atoms with Gasteiger partial charge < -0.3 is 10.6 Å². The van der Waals surface area contributed by atoms with Crippen molar-refractivity contribution in [2.75, 3.05) is 18.4 Å². The number of anilines is 1. The van der Waals surface area contributed by atoms with Crippen LogP contribution in [0.3, 0.4) is 0 Å². The van der Waals surface area contributed by atoms with Crippen molar-refractivity contribution in [2.45, 2.75) is 34.1 Å². The first-order valence-electron chi connectivity index (χ1n) is 6.92. The summed E-state index contributed by atoms with van der Waals surface area (Å²) in [6.07, 6.45) is 0.898. The molecule has 104 valence electrons. The molecule has 2 N–H and O–H groups in total. The van der Waals surface area contributed by atoms with Crippen LogP contribution in [0.25, 0.3) is 0 Å². The van der Waals surface area contributed by atoms with E-state index in [1.54, 1.807) is 0 Å². The predicted octanol–water partition coefficient (Wildman–Crippen LogP) is 2.27. The van der Waals surface area contributed by atoms with E-state index >= 15 is 0 Å². The minimum atomic E-state index is -0.294. The summed E-state index contributed by atoms with van der Waals surface area (Å²) in [6.45, 7) is 9.79. The van der Waals surface area contributed by atoms with E-state index in [-0.39, 0.29) is 11.3 Å². The first kappa shape index (κ1) is 14.0. The lowest BCUT2D eigenvalue weighted by molar-refractivity contribution is -0.126. The number of carbonyl (C=O) groups excluding carboxylic acids is 1. The van der Waals surface area contributed by atoms with Crippen LogP contribution in [0.5, 0.6) is 0 Å². The fourth-order valence-corrected chi connectivity index (χ4v) is 2.73. The molecule has 0 bridgehead atoms. The molecule has 2 rings (SSSR count). The number of aromatic nitrogens is 1. The van der Waals surface area contributed by atoms with Crippen LogP contribution in [0.2, 0.25) is 0 Å². The number of pyridine rings is 1. The third-order valence-corrected chi connectivity index (χ3v) is 4.22. The van der Waals surface area contributed by atoms with Crippen molar-refractivity contribution in [1.82, 2.24) is 10.3 Å². The van der Waals surface area contributed by atoms with Crippen molar-refractivity contribution in [3.63, 3.8) is 0 Å². The summed E-state index contributed by atoms with van der Waals surface area (Å²) in [6, 6.07) is 3.86. The van der Waals surface area contributed by atoms with Gasteiger partial charge in [0, 0.05) is 12.2 Å². The molecule has 4 heteroatoms. The van der Waals surface area contributed by atoms with Gasteiger partial charge in [-0.15, -0.1) is 0 Å². The summed E-state index contributed by atoms with van der Waals surface area (Å²) in [7, 11) is 0. The maximum absolute atomic E-state index is 12.6. The number of carbonyl (C=O) groups is 1. The maximum Gasteiger partial charge on any atom is 0.232 e. The number of hydrogen-bond donors (Lipinski definition) is 2. The molecule has 0 saturated carbocycles. The number of hydrogen-bond acceptors (Lipinski definition) is 3. The molecule has 0 aliphatic carbocycles. The predicted molar refractivity (Wildman–Crippen MR) is 77.1 cm³/mol. The highest BCUT2D eigenvalue weighted by molar-refractivity contribution is 5.96. The van der Waals surface area contributed by atoms with E-state index in [0.29, 0.717) is 5.92 Å². The molecule has 19 heavy (non-hydrogen) atoms. The van der Waals surface area contributed by atoms with Gasteiger partial charge in [-0.3, -0.25) is 9.78 Å². The monoisotopic (exact) mass is 261 g/mol. The van der Waals surface area contributed by atoms with Crippen molar-refractivity contribution in [1.29, 1.82) is 0 Å². The third kappa shape index (κ3) is 2.63. The van der Waals surface area contributed by atoms with Gasteiger partial charge in [0.05, 0.1) is 16.8 Å². The van der Waals surface area contributed by atoms with E-state index in [1.807, 2.05) is 26.0 Å². The van der Waals surface area contributed by atoms with Crippen molar-refractivity contribution >= 4 is 11.6 Å². The Labute approximate surface area is 115 Å². The average Bonchev–Trinajstić information content (AvgIpc) is 2.83. The van der Waals surface area contributed by atoms with Crippen LogP contribution in [-0.4, -0.2) is 24.0 Å². The second-order valence-corrected chi connectivity index (χ2v) is 5.78. The van der Waals surface area contributed by atoms with E-state index in [4.69, 9.17) is 0 Å². The number of amides is 1. The van der Waals surface area contributed by atoms with Crippen molar-refractivity contribution in [3.05, 3.63) is 23.5 Å². The number of nitrogens with one attached hydrogen (secondary N) is 2. The van der Waals surface area contributed by atoms with Crippen LogP contribution in [0.1, 0.15) is 31.7 Å². The average molecular weight is 261 g/mol. The van der Waals surface area contributed by atoms with E-state index in [0.717, 1.165) is 36.6 Å². The molecule has 1 amide bonds. The fourth-order valence-electron chi connectivity index (χ4n) is 2.73. The molecule has 1 aliphatic heterocycles. The van der Waals surface area contributed by atoms with Gasteiger partial charge in [-0.2, -0.15) is 0 Å². The lowest BCUT2D eigenvalue weighted by Crippen LogP contribution is -2.42. The van der Waals surface area contributed by atoms with E-state index in [2.05, 4.69) is 29.5 Å². The summed E-state index contributed by atoms with van der Waals surface area (Å²) in [5.41, 5.74) is 2.37. The molecule has 1 atom stereocenters. The summed E-state index contributed by atoms with van der Waals surface area (Å²) < 4.78 is 0. The van der Waals surface area contributed by atoms with Crippen molar-refractivity contribution in [2.24, 2.45) is 11.3 Å². The summed E-state index contributed by atoms with van der Waals surface area (Å²) in [5.74, 6) is 0.433. The number of rotatable bonds is 3. The van der Waals surface area contributed by atoms with Crippen LogP contribution in [0.15, 0.2) is 12.1 Å². The van der Waals surface area contributed by atoms with Gasteiger partial charge in [0.15, 0.2) is 0 Å². The highest BCUT2D eigenvalue weighted by Crippen LogP contribution is 2.35. The highest BCUT2D eigenvalue weighted by Gasteiger charge is 2.43. The second-order valence-electron chi connectivity index (χ2n) is 5.78. The van der Waals surface area contributed by atoms with Gasteiger partial charge in [0.1, 0.15) is 0 Å². The summed E-state index contributed by atoms with van der Waals surface area (Å²) in [5, 5.41) is 6.37. The zero-order valence-electron chi connectivity index (χ0n) is 12.2. The molecule has 1 fully saturated rings. The minimum Gasteiger partial charge on any atom is -0.324 e. The van der Waals surface area contributed by atoms with Crippen molar-refractivity contribution < 1.29 is 4.79 Å². The lowest BCUT2D eigenvalue weighted by atomic mass is 9.75. The van der Waals surface area contributed by atoms with Crippen LogP contribution < -0.4 is 10.6 Å². The van der Waals surface area contributed by atoms with E-state index in [9.17, 15) is 4.79 Å². The minimum absolute atomic E-state index is 0.112. The fraction of sp³-hybridized carbons (Fsp3) is 0.600. The Kier molecular flexibility index (Phi) is 3.90. The smallest absolute Gasteiger partial charge is 0.232 e. The molecule has 1 aromatic heterocycles. The third-order valence-electron chi connectivity index (χ3n) is 4.22. The highest BCUT2D eigenvalue weighted by atomic mass is 16.2. The zero-order valence-corrected chi connectivity index (χ0v) is 12.2. The molecular formula is C15H23N3O. The van der Waals surface area contributed by atoms with Gasteiger partial charge in [-0.25, -0.2) is 0 Å². The molecule has 4 nitrogen and oxygen atoms in total. The van der Waals surface area contributed by atoms with E-state index in [1.165, 1.54) is 0 Å². The number of nitrogens with zero attached hydrogens (tertiary/aromatic N) is 1. The molecule has 1 unspecified atom stereocenters. The van der Waals surface area contributed by atoms with Crippen LogP contribution in [0, 0.1) is 25.2 Å². The Morgan fingerprint density at radius 2 is 2.16 bits per heavy atom. The SMILES string of the molecule is Cc1ccc(NC(=O)C2(C(C)C)CCNC2)c(C)n1. The largest absolute Gasteiger partial charge is 0.324 e. The topological polar surface area (TPSA) is 54.0 Å². The normalized spacial score (nSPS) is 22.8. The number of aryl methyl sites for hydroxylation is 2.